The third-order valence-electron chi connectivity index (χ3n) is 4.02. The summed E-state index contributed by atoms with van der Waals surface area (Å²) in [6.45, 7) is 2.80. The van der Waals surface area contributed by atoms with Gasteiger partial charge in [0.15, 0.2) is 0 Å². The van der Waals surface area contributed by atoms with Gasteiger partial charge in [-0.3, -0.25) is 9.59 Å². The Hall–Kier alpha value is -2.27. The summed E-state index contributed by atoms with van der Waals surface area (Å²) in [7, 11) is 1.79. The molecule has 0 aliphatic carbocycles. The molecule has 2 rings (SSSR count). The molecule has 2 aromatic carbocycles. The van der Waals surface area contributed by atoms with Gasteiger partial charge in [-0.05, 0) is 42.5 Å². The molecule has 0 aliphatic heterocycles. The summed E-state index contributed by atoms with van der Waals surface area (Å²) in [5.41, 5.74) is 2.67. The molecule has 0 spiro atoms. The second-order valence-corrected chi connectivity index (χ2v) is 6.80. The minimum Gasteiger partial charge on any atom is -0.352 e. The highest BCUT2D eigenvalue weighted by atomic mass is 32.2. The van der Waals surface area contributed by atoms with Gasteiger partial charge in [-0.15, -0.1) is 11.8 Å². The van der Waals surface area contributed by atoms with Gasteiger partial charge in [-0.1, -0.05) is 30.3 Å². The zero-order valence-electron chi connectivity index (χ0n) is 14.9. The zero-order valence-corrected chi connectivity index (χ0v) is 15.7. The van der Waals surface area contributed by atoms with Gasteiger partial charge in [-0.2, -0.15) is 0 Å². The molecule has 0 radical (unpaired) electrons. The lowest BCUT2D eigenvalue weighted by atomic mass is 10.1. The lowest BCUT2D eigenvalue weighted by Gasteiger charge is -2.17. The Labute approximate surface area is 153 Å². The number of carbonyl (C=O) groups is 2. The predicted molar refractivity (Wildman–Crippen MR) is 103 cm³/mol. The van der Waals surface area contributed by atoms with E-state index in [1.165, 1.54) is 4.90 Å². The van der Waals surface area contributed by atoms with Crippen molar-refractivity contribution in [3.05, 3.63) is 65.2 Å². The number of rotatable bonds is 7. The molecule has 0 fully saturated rings. The maximum Gasteiger partial charge on any atom is 0.251 e. The van der Waals surface area contributed by atoms with E-state index in [0.29, 0.717) is 18.7 Å². The molecule has 0 aliphatic rings. The summed E-state index contributed by atoms with van der Waals surface area (Å²) in [4.78, 5) is 27.2. The quantitative estimate of drug-likeness (QED) is 0.773. The number of hydrogen-bond donors (Lipinski definition) is 1. The van der Waals surface area contributed by atoms with Crippen LogP contribution in [0.5, 0.6) is 0 Å². The van der Waals surface area contributed by atoms with Gasteiger partial charge in [-0.25, -0.2) is 0 Å². The number of nitrogens with zero attached hydrogens (tertiary/aromatic N) is 1. The zero-order chi connectivity index (χ0) is 18.2. The van der Waals surface area contributed by atoms with Crippen LogP contribution in [0, 0.1) is 6.92 Å². The number of aryl methyl sites for hydroxylation is 1. The van der Waals surface area contributed by atoms with Crippen LogP contribution in [0.1, 0.15) is 27.9 Å². The highest BCUT2D eigenvalue weighted by Crippen LogP contribution is 2.15. The third kappa shape index (κ3) is 5.64. The van der Waals surface area contributed by atoms with Gasteiger partial charge in [0, 0.05) is 37.0 Å². The number of carbonyl (C=O) groups excluding carboxylic acids is 2. The van der Waals surface area contributed by atoms with Crippen LogP contribution in [0.2, 0.25) is 0 Å². The van der Waals surface area contributed by atoms with Crippen LogP contribution in [-0.4, -0.2) is 36.6 Å². The molecular weight excluding hydrogens is 332 g/mol. The van der Waals surface area contributed by atoms with Crippen molar-refractivity contribution in [2.45, 2.75) is 24.8 Å². The van der Waals surface area contributed by atoms with Crippen molar-refractivity contribution in [1.29, 1.82) is 0 Å². The maximum absolute atomic E-state index is 12.2. The van der Waals surface area contributed by atoms with E-state index in [9.17, 15) is 9.59 Å². The summed E-state index contributed by atoms with van der Waals surface area (Å²) >= 11 is 1.69. The van der Waals surface area contributed by atoms with E-state index >= 15 is 0 Å². The topological polar surface area (TPSA) is 49.4 Å². The normalized spacial score (nSPS) is 10.4. The van der Waals surface area contributed by atoms with Gasteiger partial charge in [0.2, 0.25) is 5.91 Å². The number of thioether (sulfide) groups is 1. The predicted octanol–water partition coefficient (Wildman–Crippen LogP) is 3.50. The molecule has 25 heavy (non-hydrogen) atoms. The Bertz CT molecular complexity index is 729. The third-order valence-corrected chi connectivity index (χ3v) is 4.76. The largest absolute Gasteiger partial charge is 0.352 e. The van der Waals surface area contributed by atoms with Gasteiger partial charge < -0.3 is 10.2 Å². The van der Waals surface area contributed by atoms with Crippen LogP contribution in [0.4, 0.5) is 0 Å². The standard InChI is InChI=1S/C20H24N2O2S/c1-15-6-4-5-7-18(15)20(24)21-13-12-19(23)22(2)14-16-8-10-17(25-3)11-9-16/h4-11H,12-14H2,1-3H3,(H,21,24). The average molecular weight is 356 g/mol. The fourth-order valence-corrected chi connectivity index (χ4v) is 2.90. The summed E-state index contributed by atoms with van der Waals surface area (Å²) in [5, 5.41) is 2.82. The van der Waals surface area contributed by atoms with Crippen molar-refractivity contribution in [2.24, 2.45) is 0 Å². The van der Waals surface area contributed by atoms with Crippen LogP contribution in [0.15, 0.2) is 53.4 Å². The van der Waals surface area contributed by atoms with E-state index in [0.717, 1.165) is 11.1 Å². The smallest absolute Gasteiger partial charge is 0.251 e. The fraction of sp³-hybridized carbons (Fsp3) is 0.300. The van der Waals surface area contributed by atoms with E-state index in [4.69, 9.17) is 0 Å². The molecule has 0 saturated heterocycles. The van der Waals surface area contributed by atoms with Crippen molar-refractivity contribution in [3.8, 4) is 0 Å². The first kappa shape index (κ1) is 19.1. The molecule has 0 saturated carbocycles. The monoisotopic (exact) mass is 356 g/mol. The summed E-state index contributed by atoms with van der Waals surface area (Å²) in [6.07, 6.45) is 2.33. The lowest BCUT2D eigenvalue weighted by Crippen LogP contribution is -2.32. The van der Waals surface area contributed by atoms with Gasteiger partial charge in [0.05, 0.1) is 0 Å². The van der Waals surface area contributed by atoms with Crippen molar-refractivity contribution in [1.82, 2.24) is 10.2 Å². The molecule has 0 atom stereocenters. The Morgan fingerprint density at radius 3 is 2.40 bits per heavy atom. The van der Waals surface area contributed by atoms with E-state index in [1.54, 1.807) is 29.8 Å². The van der Waals surface area contributed by atoms with Gasteiger partial charge >= 0.3 is 0 Å². The maximum atomic E-state index is 12.2. The Balaban J connectivity index is 1.79. The molecule has 0 bridgehead atoms. The molecule has 2 amide bonds. The molecule has 4 nitrogen and oxygen atoms in total. The fourth-order valence-electron chi connectivity index (χ4n) is 2.49. The van der Waals surface area contributed by atoms with Gasteiger partial charge in [0.25, 0.3) is 5.91 Å². The average Bonchev–Trinajstić information content (AvgIpc) is 2.62. The van der Waals surface area contributed by atoms with Crippen LogP contribution >= 0.6 is 11.8 Å². The first-order valence-corrected chi connectivity index (χ1v) is 9.44. The van der Waals surface area contributed by atoms with Crippen LogP contribution in [0.25, 0.3) is 0 Å². The van der Waals surface area contributed by atoms with Crippen molar-refractivity contribution in [2.75, 3.05) is 19.8 Å². The first-order valence-electron chi connectivity index (χ1n) is 8.22. The molecular formula is C20H24N2O2S. The highest BCUT2D eigenvalue weighted by Gasteiger charge is 2.11. The summed E-state index contributed by atoms with van der Waals surface area (Å²) in [6, 6.07) is 15.6. The Kier molecular flexibility index (Phi) is 7.07. The summed E-state index contributed by atoms with van der Waals surface area (Å²) < 4.78 is 0. The van der Waals surface area contributed by atoms with E-state index in [-0.39, 0.29) is 18.2 Å². The molecule has 0 unspecified atom stereocenters. The molecule has 2 aromatic rings. The van der Waals surface area contributed by atoms with Crippen molar-refractivity contribution < 1.29 is 9.59 Å². The number of benzene rings is 2. The SMILES string of the molecule is CSc1ccc(CN(C)C(=O)CCNC(=O)c2ccccc2C)cc1. The molecule has 0 heterocycles. The van der Waals surface area contributed by atoms with Crippen molar-refractivity contribution in [3.63, 3.8) is 0 Å². The van der Waals surface area contributed by atoms with Gasteiger partial charge in [0.1, 0.15) is 0 Å². The number of nitrogens with one attached hydrogen (secondary N) is 1. The lowest BCUT2D eigenvalue weighted by molar-refractivity contribution is -0.130. The highest BCUT2D eigenvalue weighted by molar-refractivity contribution is 7.98. The number of amides is 2. The molecule has 5 heteroatoms. The summed E-state index contributed by atoms with van der Waals surface area (Å²) in [5.74, 6) is -0.125. The van der Waals surface area contributed by atoms with E-state index in [2.05, 4.69) is 17.4 Å². The molecule has 0 aromatic heterocycles. The van der Waals surface area contributed by atoms with E-state index in [1.807, 2.05) is 43.5 Å². The van der Waals surface area contributed by atoms with Crippen LogP contribution < -0.4 is 5.32 Å². The van der Waals surface area contributed by atoms with Crippen LogP contribution in [-0.2, 0) is 11.3 Å². The number of hydrogen-bond acceptors (Lipinski definition) is 3. The minimum absolute atomic E-state index is 0.0130. The first-order chi connectivity index (χ1) is 12.0. The Morgan fingerprint density at radius 1 is 1.08 bits per heavy atom. The second-order valence-electron chi connectivity index (χ2n) is 5.92. The van der Waals surface area contributed by atoms with Crippen molar-refractivity contribution >= 4 is 23.6 Å². The molecule has 1 N–H and O–H groups in total. The second kappa shape index (κ2) is 9.28. The van der Waals surface area contributed by atoms with E-state index < -0.39 is 0 Å². The Morgan fingerprint density at radius 2 is 1.76 bits per heavy atom. The van der Waals surface area contributed by atoms with Crippen LogP contribution in [0.3, 0.4) is 0 Å². The minimum atomic E-state index is -0.138. The molecule has 132 valence electrons.